The Hall–Kier alpha value is -3.74. The molecular formula is C28H26N2O5. The Kier molecular flexibility index (Phi) is 4.91. The molecule has 0 aromatic heterocycles. The van der Waals surface area contributed by atoms with Gasteiger partial charge in [-0.1, -0.05) is 60.7 Å². The minimum atomic E-state index is -0.768. The monoisotopic (exact) mass is 470 g/mol. The number of allylic oxidation sites excluding steroid dienone is 2. The van der Waals surface area contributed by atoms with Gasteiger partial charge in [-0.3, -0.25) is 14.7 Å². The Morgan fingerprint density at radius 1 is 1.06 bits per heavy atom. The zero-order chi connectivity index (χ0) is 24.2. The number of para-hydroxylation sites is 1. The molecule has 1 saturated carbocycles. The largest absolute Gasteiger partial charge is 0.467 e. The third-order valence-corrected chi connectivity index (χ3v) is 8.09. The Labute approximate surface area is 203 Å². The number of nitrogens with zero attached hydrogens (tertiary/aromatic N) is 2. The lowest BCUT2D eigenvalue weighted by molar-refractivity contribution is -0.142. The minimum absolute atomic E-state index is 0.0565. The number of aliphatic imine (C=N–C) groups is 1. The van der Waals surface area contributed by atoms with Crippen molar-refractivity contribution >= 4 is 29.2 Å². The molecule has 1 unspecified atom stereocenters. The number of hydrogen-bond acceptors (Lipinski definition) is 6. The number of Topliss-reactive ketones (excluding diaryl/α,β-unsaturated/α-hetero) is 1. The molecule has 7 heteroatoms. The average Bonchev–Trinajstić information content (AvgIpc) is 3.60. The predicted molar refractivity (Wildman–Crippen MR) is 129 cm³/mol. The summed E-state index contributed by atoms with van der Waals surface area (Å²) in [5, 5.41) is 0. The Morgan fingerprint density at radius 3 is 2.51 bits per heavy atom. The molecular weight excluding hydrogens is 444 g/mol. The van der Waals surface area contributed by atoms with Crippen LogP contribution in [-0.2, 0) is 31.1 Å². The van der Waals surface area contributed by atoms with Crippen LogP contribution in [-0.4, -0.2) is 42.8 Å². The molecule has 2 heterocycles. The molecule has 4 aliphatic rings. The molecule has 2 aliphatic heterocycles. The highest BCUT2D eigenvalue weighted by atomic mass is 16.6. The third-order valence-electron chi connectivity index (χ3n) is 8.09. The van der Waals surface area contributed by atoms with E-state index in [0.717, 1.165) is 16.8 Å². The first-order chi connectivity index (χ1) is 17.0. The summed E-state index contributed by atoms with van der Waals surface area (Å²) in [6.07, 6.45) is 5.22. The lowest BCUT2D eigenvalue weighted by Crippen LogP contribution is -2.62. The standard InChI is InChI=1S/C28H26N2O5/c1-34-24(32)20-16-28-19-11-5-6-12-21(19)30(26(33)35-17-18-9-3-2-4-10-18)22(28)15-23(31)27(25(28)29-20)13-7-8-14-27/h2-12,20,22H,13-17H2,1H3/t20?,22-,28-/m0/s1. The fourth-order valence-corrected chi connectivity index (χ4v) is 6.56. The number of methoxy groups -OCH3 is 1. The number of ketones is 1. The van der Waals surface area contributed by atoms with Crippen LogP contribution in [0.3, 0.4) is 0 Å². The maximum Gasteiger partial charge on any atom is 0.414 e. The molecule has 2 spiro atoms. The molecule has 178 valence electrons. The summed E-state index contributed by atoms with van der Waals surface area (Å²) in [4.78, 5) is 46.5. The number of carbonyl (C=O) groups is 3. The van der Waals surface area contributed by atoms with E-state index in [4.69, 9.17) is 14.5 Å². The number of amides is 1. The fourth-order valence-electron chi connectivity index (χ4n) is 6.56. The molecule has 0 N–H and O–H groups in total. The number of anilines is 1. The van der Waals surface area contributed by atoms with Gasteiger partial charge < -0.3 is 9.47 Å². The summed E-state index contributed by atoms with van der Waals surface area (Å²) in [7, 11) is 1.35. The molecule has 2 aromatic rings. The predicted octanol–water partition coefficient (Wildman–Crippen LogP) is 4.15. The van der Waals surface area contributed by atoms with Gasteiger partial charge in [-0.15, -0.1) is 0 Å². The van der Waals surface area contributed by atoms with Gasteiger partial charge in [-0.2, -0.15) is 0 Å². The lowest BCUT2D eigenvalue weighted by atomic mass is 9.55. The molecule has 35 heavy (non-hydrogen) atoms. The van der Waals surface area contributed by atoms with Crippen molar-refractivity contribution in [1.82, 2.24) is 0 Å². The van der Waals surface area contributed by atoms with E-state index in [-0.39, 0.29) is 18.8 Å². The second-order valence-electron chi connectivity index (χ2n) is 9.72. The van der Waals surface area contributed by atoms with Gasteiger partial charge in [0.1, 0.15) is 18.4 Å². The van der Waals surface area contributed by atoms with Crippen LogP contribution in [0.2, 0.25) is 0 Å². The number of esters is 1. The summed E-state index contributed by atoms with van der Waals surface area (Å²) in [5.41, 5.74) is 1.73. The zero-order valence-electron chi connectivity index (χ0n) is 19.5. The van der Waals surface area contributed by atoms with Crippen molar-refractivity contribution in [3.63, 3.8) is 0 Å². The summed E-state index contributed by atoms with van der Waals surface area (Å²) in [6.45, 7) is 0.131. The average molecular weight is 471 g/mol. The highest BCUT2D eigenvalue weighted by molar-refractivity contribution is 6.22. The summed E-state index contributed by atoms with van der Waals surface area (Å²) >= 11 is 0. The second kappa shape index (κ2) is 7.90. The maximum absolute atomic E-state index is 13.7. The van der Waals surface area contributed by atoms with Crippen LogP contribution in [0.5, 0.6) is 0 Å². The van der Waals surface area contributed by atoms with Gasteiger partial charge in [0.2, 0.25) is 0 Å². The van der Waals surface area contributed by atoms with Crippen LogP contribution in [0, 0.1) is 5.41 Å². The van der Waals surface area contributed by atoms with E-state index in [9.17, 15) is 14.4 Å². The molecule has 0 bridgehead atoms. The Balaban J connectivity index is 1.45. The lowest BCUT2D eigenvalue weighted by Gasteiger charge is -2.47. The zero-order valence-corrected chi connectivity index (χ0v) is 19.5. The Bertz CT molecular complexity index is 1280. The number of rotatable bonds is 3. The van der Waals surface area contributed by atoms with Crippen LogP contribution < -0.4 is 4.90 Å². The van der Waals surface area contributed by atoms with Gasteiger partial charge in [-0.05, 0) is 36.5 Å². The maximum atomic E-state index is 13.7. The van der Waals surface area contributed by atoms with Crippen LogP contribution >= 0.6 is 0 Å². The first-order valence-electron chi connectivity index (χ1n) is 12.0. The Morgan fingerprint density at radius 2 is 1.77 bits per heavy atom. The van der Waals surface area contributed by atoms with E-state index in [1.807, 2.05) is 66.7 Å². The van der Waals surface area contributed by atoms with Crippen molar-refractivity contribution in [2.24, 2.45) is 10.4 Å². The van der Waals surface area contributed by atoms with Crippen LogP contribution in [0.4, 0.5) is 10.5 Å². The molecule has 1 fully saturated rings. The fraction of sp³-hybridized carbons (Fsp3) is 0.357. The van der Waals surface area contributed by atoms with Crippen molar-refractivity contribution in [2.45, 2.75) is 49.8 Å². The van der Waals surface area contributed by atoms with Crippen molar-refractivity contribution in [2.75, 3.05) is 12.0 Å². The second-order valence-corrected chi connectivity index (χ2v) is 9.72. The first-order valence-corrected chi connectivity index (χ1v) is 12.0. The van der Waals surface area contributed by atoms with Crippen LogP contribution in [0.25, 0.3) is 0 Å². The van der Waals surface area contributed by atoms with Crippen LogP contribution in [0.15, 0.2) is 71.7 Å². The number of ether oxygens (including phenoxy) is 2. The van der Waals surface area contributed by atoms with E-state index in [1.165, 1.54) is 7.11 Å². The molecule has 7 nitrogen and oxygen atoms in total. The van der Waals surface area contributed by atoms with Crippen molar-refractivity contribution in [3.05, 3.63) is 77.9 Å². The van der Waals surface area contributed by atoms with E-state index in [1.54, 1.807) is 4.90 Å². The molecule has 0 radical (unpaired) electrons. The summed E-state index contributed by atoms with van der Waals surface area (Å²) < 4.78 is 10.8. The normalized spacial score (nSPS) is 27.3. The van der Waals surface area contributed by atoms with E-state index < -0.39 is 35.0 Å². The van der Waals surface area contributed by atoms with Gasteiger partial charge in [-0.25, -0.2) is 9.59 Å². The highest BCUT2D eigenvalue weighted by Gasteiger charge is 2.69. The molecule has 3 atom stereocenters. The molecule has 2 aliphatic carbocycles. The molecule has 0 saturated heterocycles. The topological polar surface area (TPSA) is 85.3 Å². The number of carbonyl (C=O) groups excluding carboxylic acids is 3. The van der Waals surface area contributed by atoms with Gasteiger partial charge in [0.05, 0.1) is 29.7 Å². The van der Waals surface area contributed by atoms with E-state index in [0.29, 0.717) is 24.9 Å². The van der Waals surface area contributed by atoms with Crippen LogP contribution in [0.1, 0.15) is 36.8 Å². The number of fused-ring (bicyclic) bond motifs is 2. The molecule has 6 rings (SSSR count). The van der Waals surface area contributed by atoms with Crippen molar-refractivity contribution in [1.29, 1.82) is 0 Å². The summed E-state index contributed by atoms with van der Waals surface area (Å²) in [5.74, 6) is -0.364. The van der Waals surface area contributed by atoms with Gasteiger partial charge in [0, 0.05) is 12.1 Å². The SMILES string of the molecule is COC(=O)C1C[C@@]23C(=N1)C1(CC=CC1)C(=O)C[C@@H]2N(C(=O)OCc1ccccc1)c1ccccc13. The first kappa shape index (κ1) is 21.8. The smallest absolute Gasteiger partial charge is 0.414 e. The van der Waals surface area contributed by atoms with Crippen molar-refractivity contribution in [3.8, 4) is 0 Å². The van der Waals surface area contributed by atoms with E-state index >= 15 is 0 Å². The van der Waals surface area contributed by atoms with Gasteiger partial charge in [0.25, 0.3) is 0 Å². The third kappa shape index (κ3) is 2.97. The molecule has 1 amide bonds. The quantitative estimate of drug-likeness (QED) is 0.497. The van der Waals surface area contributed by atoms with Gasteiger partial charge >= 0.3 is 12.1 Å². The van der Waals surface area contributed by atoms with Gasteiger partial charge in [0.15, 0.2) is 0 Å². The number of benzene rings is 2. The van der Waals surface area contributed by atoms with E-state index in [2.05, 4.69) is 0 Å². The minimum Gasteiger partial charge on any atom is -0.467 e. The summed E-state index contributed by atoms with van der Waals surface area (Å²) in [6, 6.07) is 16.0. The number of hydrogen-bond donors (Lipinski definition) is 0. The van der Waals surface area contributed by atoms with Crippen molar-refractivity contribution < 1.29 is 23.9 Å². The molecule has 2 aromatic carbocycles. The highest BCUT2D eigenvalue weighted by Crippen LogP contribution is 2.61.